The molecule has 1 N–H and O–H groups in total. The van der Waals surface area contributed by atoms with Crippen LogP contribution in [-0.2, 0) is 4.74 Å². The number of nitrogens with zero attached hydrogens (tertiary/aromatic N) is 1. The zero-order valence-electron chi connectivity index (χ0n) is 12.4. The highest BCUT2D eigenvalue weighted by Crippen LogP contribution is 2.27. The molecule has 1 fully saturated rings. The summed E-state index contributed by atoms with van der Waals surface area (Å²) in [6.07, 6.45) is 4.11. The SMILES string of the molecule is O=C(N[C@H](c1ccc(F)cc1)[C@@H]1CCCO1)c1ccc[n+]([O-])c1. The summed E-state index contributed by atoms with van der Waals surface area (Å²) in [4.78, 5) is 12.4. The normalized spacial score (nSPS) is 18.6. The summed E-state index contributed by atoms with van der Waals surface area (Å²) in [5, 5.41) is 14.2. The Hall–Kier alpha value is -2.47. The smallest absolute Gasteiger partial charge is 0.257 e. The third-order valence-corrected chi connectivity index (χ3v) is 3.89. The molecule has 2 heterocycles. The first kappa shape index (κ1) is 15.4. The number of carbonyl (C=O) groups excluding carboxylic acids is 1. The van der Waals surface area contributed by atoms with E-state index in [0.717, 1.165) is 18.4 Å². The van der Waals surface area contributed by atoms with Gasteiger partial charge < -0.3 is 15.3 Å². The van der Waals surface area contributed by atoms with Crippen molar-refractivity contribution in [3.05, 3.63) is 70.9 Å². The Balaban J connectivity index is 1.83. The van der Waals surface area contributed by atoms with Gasteiger partial charge in [-0.2, -0.15) is 4.73 Å². The van der Waals surface area contributed by atoms with E-state index in [9.17, 15) is 14.4 Å². The first-order chi connectivity index (χ1) is 11.1. The van der Waals surface area contributed by atoms with Crippen molar-refractivity contribution in [3.8, 4) is 0 Å². The maximum absolute atomic E-state index is 13.1. The fraction of sp³-hybridized carbons (Fsp3) is 0.294. The molecule has 0 bridgehead atoms. The van der Waals surface area contributed by atoms with Crippen molar-refractivity contribution >= 4 is 5.91 Å². The maximum Gasteiger partial charge on any atom is 0.257 e. The van der Waals surface area contributed by atoms with Gasteiger partial charge in [0.05, 0.1) is 12.1 Å². The van der Waals surface area contributed by atoms with E-state index in [1.54, 1.807) is 18.2 Å². The highest BCUT2D eigenvalue weighted by molar-refractivity contribution is 5.93. The van der Waals surface area contributed by atoms with E-state index in [4.69, 9.17) is 4.74 Å². The Kier molecular flexibility index (Phi) is 4.52. The van der Waals surface area contributed by atoms with Crippen LogP contribution in [0.15, 0.2) is 48.8 Å². The zero-order valence-corrected chi connectivity index (χ0v) is 12.4. The number of pyridine rings is 1. The molecule has 1 aliphatic rings. The van der Waals surface area contributed by atoms with Crippen LogP contribution in [-0.4, -0.2) is 18.6 Å². The van der Waals surface area contributed by atoms with Crippen molar-refractivity contribution in [2.45, 2.75) is 25.0 Å². The molecule has 1 saturated heterocycles. The lowest BCUT2D eigenvalue weighted by molar-refractivity contribution is -0.605. The lowest BCUT2D eigenvalue weighted by Crippen LogP contribution is -2.37. The molecule has 0 saturated carbocycles. The van der Waals surface area contributed by atoms with Gasteiger partial charge in [0, 0.05) is 12.7 Å². The molecule has 1 aromatic heterocycles. The number of aromatic nitrogens is 1. The van der Waals surface area contributed by atoms with E-state index in [1.807, 2.05) is 0 Å². The second kappa shape index (κ2) is 6.75. The lowest BCUT2D eigenvalue weighted by Gasteiger charge is -2.24. The van der Waals surface area contributed by atoms with Gasteiger partial charge >= 0.3 is 0 Å². The second-order valence-electron chi connectivity index (χ2n) is 5.51. The molecule has 1 aromatic carbocycles. The Morgan fingerprint density at radius 3 is 2.78 bits per heavy atom. The van der Waals surface area contributed by atoms with E-state index in [2.05, 4.69) is 5.32 Å². The van der Waals surface area contributed by atoms with Crippen LogP contribution in [0.4, 0.5) is 4.39 Å². The fourth-order valence-corrected chi connectivity index (χ4v) is 2.74. The average molecular weight is 316 g/mol. The van der Waals surface area contributed by atoms with E-state index in [1.165, 1.54) is 30.6 Å². The van der Waals surface area contributed by atoms with Crippen molar-refractivity contribution in [2.24, 2.45) is 0 Å². The van der Waals surface area contributed by atoms with Gasteiger partial charge in [0.2, 0.25) is 0 Å². The summed E-state index contributed by atoms with van der Waals surface area (Å²) in [6.45, 7) is 0.643. The van der Waals surface area contributed by atoms with Gasteiger partial charge in [0.1, 0.15) is 11.4 Å². The van der Waals surface area contributed by atoms with E-state index in [-0.39, 0.29) is 29.4 Å². The molecule has 5 nitrogen and oxygen atoms in total. The molecule has 0 radical (unpaired) electrons. The molecule has 1 aliphatic heterocycles. The molecule has 2 aromatic rings. The second-order valence-corrected chi connectivity index (χ2v) is 5.51. The van der Waals surface area contributed by atoms with Gasteiger partial charge in [0.25, 0.3) is 5.91 Å². The highest BCUT2D eigenvalue weighted by atomic mass is 19.1. The Morgan fingerprint density at radius 1 is 1.35 bits per heavy atom. The molecule has 2 atom stereocenters. The molecular formula is C17H17FN2O3. The van der Waals surface area contributed by atoms with E-state index in [0.29, 0.717) is 11.3 Å². The molecule has 120 valence electrons. The number of hydrogen-bond acceptors (Lipinski definition) is 3. The molecule has 0 spiro atoms. The van der Waals surface area contributed by atoms with Gasteiger partial charge in [-0.1, -0.05) is 12.1 Å². The lowest BCUT2D eigenvalue weighted by atomic mass is 9.99. The van der Waals surface area contributed by atoms with Gasteiger partial charge in [-0.25, -0.2) is 4.39 Å². The van der Waals surface area contributed by atoms with Crippen LogP contribution >= 0.6 is 0 Å². The van der Waals surface area contributed by atoms with Crippen molar-refractivity contribution in [1.82, 2.24) is 5.32 Å². The zero-order chi connectivity index (χ0) is 16.2. The van der Waals surface area contributed by atoms with Crippen LogP contribution in [0.3, 0.4) is 0 Å². The minimum atomic E-state index is -0.383. The molecule has 6 heteroatoms. The molecular weight excluding hydrogens is 299 g/mol. The van der Waals surface area contributed by atoms with Crippen molar-refractivity contribution in [3.63, 3.8) is 0 Å². The average Bonchev–Trinajstić information content (AvgIpc) is 3.07. The monoisotopic (exact) mass is 316 g/mol. The van der Waals surface area contributed by atoms with Gasteiger partial charge in [-0.05, 0) is 36.6 Å². The minimum absolute atomic E-state index is 0.160. The Labute approximate surface area is 133 Å². The van der Waals surface area contributed by atoms with Crippen LogP contribution in [0.25, 0.3) is 0 Å². The fourth-order valence-electron chi connectivity index (χ4n) is 2.74. The summed E-state index contributed by atoms with van der Waals surface area (Å²) in [5.74, 6) is -0.693. The summed E-state index contributed by atoms with van der Waals surface area (Å²) in [7, 11) is 0. The number of ether oxygens (including phenoxy) is 1. The summed E-state index contributed by atoms with van der Waals surface area (Å²) in [5.41, 5.74) is 1.05. The van der Waals surface area contributed by atoms with Crippen LogP contribution in [0.2, 0.25) is 0 Å². The van der Waals surface area contributed by atoms with Crippen LogP contribution in [0.1, 0.15) is 34.8 Å². The number of amides is 1. The number of halogens is 1. The first-order valence-corrected chi connectivity index (χ1v) is 7.50. The van der Waals surface area contributed by atoms with Crippen molar-refractivity contribution in [1.29, 1.82) is 0 Å². The number of rotatable bonds is 4. The predicted octanol–water partition coefficient (Wildman–Crippen LogP) is 2.11. The Bertz CT molecular complexity index is 684. The van der Waals surface area contributed by atoms with Crippen molar-refractivity contribution < 1.29 is 18.7 Å². The number of hydrogen-bond donors (Lipinski definition) is 1. The van der Waals surface area contributed by atoms with E-state index < -0.39 is 0 Å². The van der Waals surface area contributed by atoms with Gasteiger partial charge in [-0.15, -0.1) is 0 Å². The number of nitrogens with one attached hydrogen (secondary N) is 1. The summed E-state index contributed by atoms with van der Waals surface area (Å²) >= 11 is 0. The first-order valence-electron chi connectivity index (χ1n) is 7.50. The quantitative estimate of drug-likeness (QED) is 0.694. The molecule has 3 rings (SSSR count). The van der Waals surface area contributed by atoms with Crippen LogP contribution < -0.4 is 10.0 Å². The van der Waals surface area contributed by atoms with Crippen LogP contribution in [0, 0.1) is 11.0 Å². The summed E-state index contributed by atoms with van der Waals surface area (Å²) in [6, 6.07) is 8.70. The topological polar surface area (TPSA) is 65.3 Å². The molecule has 23 heavy (non-hydrogen) atoms. The van der Waals surface area contributed by atoms with Gasteiger partial charge in [-0.3, -0.25) is 4.79 Å². The molecule has 0 unspecified atom stereocenters. The van der Waals surface area contributed by atoms with E-state index >= 15 is 0 Å². The molecule has 0 aliphatic carbocycles. The molecule has 1 amide bonds. The third kappa shape index (κ3) is 3.65. The number of carbonyl (C=O) groups is 1. The van der Waals surface area contributed by atoms with Gasteiger partial charge in [0.15, 0.2) is 12.4 Å². The van der Waals surface area contributed by atoms with Crippen LogP contribution in [0.5, 0.6) is 0 Å². The largest absolute Gasteiger partial charge is 0.619 e. The Morgan fingerprint density at radius 2 is 2.13 bits per heavy atom. The highest BCUT2D eigenvalue weighted by Gasteiger charge is 2.29. The standard InChI is InChI=1S/C17H17FN2O3/c18-14-7-5-12(6-8-14)16(15-4-2-10-23-15)19-17(21)13-3-1-9-20(22)11-13/h1,3,5-9,11,15-16H,2,4,10H2,(H,19,21)/t15-,16+/m0/s1. The maximum atomic E-state index is 13.1. The predicted molar refractivity (Wildman–Crippen MR) is 81.0 cm³/mol. The summed E-state index contributed by atoms with van der Waals surface area (Å²) < 4.78 is 19.4. The van der Waals surface area contributed by atoms with Crippen molar-refractivity contribution in [2.75, 3.05) is 6.61 Å². The minimum Gasteiger partial charge on any atom is -0.619 e. The third-order valence-electron chi connectivity index (χ3n) is 3.89. The number of benzene rings is 1.